The van der Waals surface area contributed by atoms with Crippen molar-refractivity contribution in [1.82, 2.24) is 0 Å². The first kappa shape index (κ1) is 36.5. The van der Waals surface area contributed by atoms with Crippen molar-refractivity contribution < 1.29 is 8.83 Å². The van der Waals surface area contributed by atoms with Crippen molar-refractivity contribution in [3.05, 3.63) is 186 Å². The third-order valence-corrected chi connectivity index (χ3v) is 15.2. The molecule has 0 saturated carbocycles. The zero-order chi connectivity index (χ0) is 41.1. The van der Waals surface area contributed by atoms with E-state index in [0.717, 1.165) is 67.6 Å². The number of hydrogen-bond acceptors (Lipinski definition) is 4. The number of anilines is 6. The average Bonchev–Trinajstić information content (AvgIpc) is 3.95. The highest BCUT2D eigenvalue weighted by Crippen LogP contribution is 2.62. The van der Waals surface area contributed by atoms with Crippen LogP contribution in [0, 0.1) is 0 Å². The average molecular weight is 797 g/mol. The minimum atomic E-state index is -1.45. The minimum absolute atomic E-state index is 0.289. The van der Waals surface area contributed by atoms with Crippen molar-refractivity contribution in [3.8, 4) is 22.6 Å². The molecule has 5 heteroatoms. The molecular formula is C55H48N2O2Si. The second kappa shape index (κ2) is 13.0. The molecule has 0 unspecified atom stereocenters. The quantitative estimate of drug-likeness (QED) is 0.150. The van der Waals surface area contributed by atoms with E-state index in [1.165, 1.54) is 38.6 Å². The summed E-state index contributed by atoms with van der Waals surface area (Å²) in [4.78, 5) is 4.75. The Labute approximate surface area is 353 Å². The van der Waals surface area contributed by atoms with Gasteiger partial charge >= 0.3 is 0 Å². The van der Waals surface area contributed by atoms with Crippen LogP contribution in [-0.2, 0) is 10.8 Å². The number of benzene rings is 7. The molecule has 0 fully saturated rings. The van der Waals surface area contributed by atoms with Crippen LogP contribution in [0.3, 0.4) is 0 Å². The summed E-state index contributed by atoms with van der Waals surface area (Å²) in [5, 5.41) is 3.69. The largest absolute Gasteiger partial charge is 0.456 e. The van der Waals surface area contributed by atoms with Crippen LogP contribution in [-0.4, -0.2) is 8.07 Å². The number of furan rings is 2. The molecule has 0 radical (unpaired) electrons. The van der Waals surface area contributed by atoms with Gasteiger partial charge in [-0.1, -0.05) is 119 Å². The van der Waals surface area contributed by atoms with Crippen LogP contribution in [0.1, 0.15) is 49.9 Å². The maximum Gasteiger partial charge on any atom is 0.139 e. The molecule has 0 amide bonds. The Morgan fingerprint density at radius 3 is 1.38 bits per heavy atom. The van der Waals surface area contributed by atoms with Gasteiger partial charge in [0, 0.05) is 78.0 Å². The van der Waals surface area contributed by atoms with Crippen LogP contribution in [0.15, 0.2) is 173 Å². The van der Waals surface area contributed by atoms with Crippen LogP contribution in [0.25, 0.3) is 44.6 Å². The van der Waals surface area contributed by atoms with Gasteiger partial charge in [0.1, 0.15) is 22.7 Å². The molecule has 11 rings (SSSR count). The van der Waals surface area contributed by atoms with E-state index in [9.17, 15) is 0 Å². The van der Waals surface area contributed by atoms with Crippen LogP contribution in [0.5, 0.6) is 0 Å². The van der Waals surface area contributed by atoms with Crippen LogP contribution in [0.2, 0.25) is 19.6 Å². The molecule has 7 aromatic carbocycles. The Morgan fingerprint density at radius 1 is 0.400 bits per heavy atom. The van der Waals surface area contributed by atoms with Crippen molar-refractivity contribution in [3.63, 3.8) is 0 Å². The minimum Gasteiger partial charge on any atom is -0.456 e. The molecule has 2 aliphatic rings. The maximum absolute atomic E-state index is 7.12. The summed E-state index contributed by atoms with van der Waals surface area (Å²) in [6, 6.07) is 59.3. The highest BCUT2D eigenvalue weighted by Gasteiger charge is 2.50. The molecule has 0 saturated heterocycles. The third kappa shape index (κ3) is 5.42. The molecule has 0 aliphatic heterocycles. The molecule has 2 aromatic heterocycles. The zero-order valence-electron chi connectivity index (χ0n) is 35.3. The van der Waals surface area contributed by atoms with E-state index < -0.39 is 8.07 Å². The molecule has 294 valence electrons. The first-order chi connectivity index (χ1) is 28.9. The standard InChI is InChI=1S/C55H48N2O2Si/c1-54(2)46-33-39(56(35-16-10-8-11-17-35)37-22-27-41(28-23-37)60(5,6)7)24-29-43(46)52-50(54)51-53(59-52)44-30-25-40(34-47(44)55(51,3)4)57(36-18-12-9-13-19-36)38-26-31-49-45(32-38)42-20-14-15-21-48(42)58-49/h8-34H,1-7H3. The summed E-state index contributed by atoms with van der Waals surface area (Å²) in [7, 11) is -1.45. The number of fused-ring (bicyclic) bond motifs is 10. The summed E-state index contributed by atoms with van der Waals surface area (Å²) in [5.74, 6) is 2.01. The van der Waals surface area contributed by atoms with Crippen molar-refractivity contribution in [2.45, 2.75) is 58.2 Å². The van der Waals surface area contributed by atoms with Crippen molar-refractivity contribution in [2.24, 2.45) is 0 Å². The van der Waals surface area contributed by atoms with E-state index in [0.29, 0.717) is 0 Å². The monoisotopic (exact) mass is 796 g/mol. The highest BCUT2D eigenvalue weighted by atomic mass is 28.3. The summed E-state index contributed by atoms with van der Waals surface area (Å²) in [6.07, 6.45) is 0. The fourth-order valence-electron chi connectivity index (χ4n) is 10.1. The molecule has 4 nitrogen and oxygen atoms in total. The maximum atomic E-state index is 7.12. The van der Waals surface area contributed by atoms with Gasteiger partial charge in [-0.3, -0.25) is 0 Å². The fourth-order valence-corrected chi connectivity index (χ4v) is 11.2. The van der Waals surface area contributed by atoms with Gasteiger partial charge in [0.05, 0.1) is 8.07 Å². The van der Waals surface area contributed by atoms with Gasteiger partial charge < -0.3 is 18.6 Å². The molecule has 0 bridgehead atoms. The van der Waals surface area contributed by atoms with Gasteiger partial charge in [-0.2, -0.15) is 0 Å². The van der Waals surface area contributed by atoms with Gasteiger partial charge in [-0.25, -0.2) is 0 Å². The first-order valence-electron chi connectivity index (χ1n) is 21.1. The molecule has 60 heavy (non-hydrogen) atoms. The van der Waals surface area contributed by atoms with Gasteiger partial charge in [0.2, 0.25) is 0 Å². The van der Waals surface area contributed by atoms with E-state index in [4.69, 9.17) is 8.83 Å². The van der Waals surface area contributed by atoms with Gasteiger partial charge in [-0.05, 0) is 108 Å². The Balaban J connectivity index is 1.00. The number of nitrogens with zero attached hydrogens (tertiary/aromatic N) is 2. The van der Waals surface area contributed by atoms with E-state index >= 15 is 0 Å². The number of para-hydroxylation sites is 3. The third-order valence-electron chi connectivity index (χ3n) is 13.2. The smallest absolute Gasteiger partial charge is 0.139 e. The Hall–Kier alpha value is -6.56. The SMILES string of the molecule is CC1(C)c2cc(N(c3ccccc3)c3ccc([Si](C)(C)C)cc3)ccc2-c2oc3c(c21)C(C)(C)c1cc(N(c2ccccc2)c2ccc4oc5ccccc5c4c2)ccc1-3. The van der Waals surface area contributed by atoms with Crippen LogP contribution in [0.4, 0.5) is 34.1 Å². The molecule has 0 spiro atoms. The predicted molar refractivity (Wildman–Crippen MR) is 253 cm³/mol. The van der Waals surface area contributed by atoms with Gasteiger partial charge in [0.15, 0.2) is 0 Å². The lowest BCUT2D eigenvalue weighted by molar-refractivity contribution is 0.592. The lowest BCUT2D eigenvalue weighted by Gasteiger charge is -2.30. The molecular weight excluding hydrogens is 749 g/mol. The second-order valence-electron chi connectivity index (χ2n) is 18.6. The summed E-state index contributed by atoms with van der Waals surface area (Å²) in [5.41, 5.74) is 15.4. The fraction of sp³-hybridized carbons (Fsp3) is 0.164. The van der Waals surface area contributed by atoms with Crippen molar-refractivity contribution >= 4 is 69.3 Å². The summed E-state index contributed by atoms with van der Waals surface area (Å²) in [6.45, 7) is 16.7. The highest BCUT2D eigenvalue weighted by molar-refractivity contribution is 6.88. The topological polar surface area (TPSA) is 32.8 Å². The van der Waals surface area contributed by atoms with E-state index in [2.05, 4.69) is 209 Å². The molecule has 9 aromatic rings. The lowest BCUT2D eigenvalue weighted by Crippen LogP contribution is -2.37. The molecule has 0 atom stereocenters. The summed E-state index contributed by atoms with van der Waals surface area (Å²) < 4.78 is 13.4. The number of rotatable bonds is 7. The summed E-state index contributed by atoms with van der Waals surface area (Å²) >= 11 is 0. The molecule has 2 heterocycles. The van der Waals surface area contributed by atoms with Crippen molar-refractivity contribution in [2.75, 3.05) is 9.80 Å². The zero-order valence-corrected chi connectivity index (χ0v) is 36.3. The van der Waals surface area contributed by atoms with Crippen LogP contribution >= 0.6 is 0 Å². The Kier molecular flexibility index (Phi) is 7.89. The lowest BCUT2D eigenvalue weighted by atomic mass is 9.74. The van der Waals surface area contributed by atoms with Crippen molar-refractivity contribution in [1.29, 1.82) is 0 Å². The van der Waals surface area contributed by atoms with E-state index in [1.807, 2.05) is 12.1 Å². The second-order valence-corrected chi connectivity index (χ2v) is 23.7. The first-order valence-corrected chi connectivity index (χ1v) is 24.6. The Morgan fingerprint density at radius 2 is 0.833 bits per heavy atom. The molecule has 2 aliphatic carbocycles. The van der Waals surface area contributed by atoms with Gasteiger partial charge in [0.25, 0.3) is 0 Å². The van der Waals surface area contributed by atoms with Crippen LogP contribution < -0.4 is 15.0 Å². The Bertz CT molecular complexity index is 3130. The van der Waals surface area contributed by atoms with Gasteiger partial charge in [-0.15, -0.1) is 0 Å². The molecule has 0 N–H and O–H groups in total. The normalized spacial score (nSPS) is 14.5. The van der Waals surface area contributed by atoms with E-state index in [1.54, 1.807) is 0 Å². The number of hydrogen-bond donors (Lipinski definition) is 0. The van der Waals surface area contributed by atoms with E-state index in [-0.39, 0.29) is 10.8 Å². The predicted octanol–water partition coefficient (Wildman–Crippen LogP) is 15.3.